The molecule has 3 aliphatic carbocycles. The molecule has 21 heavy (non-hydrogen) atoms. The minimum absolute atomic E-state index is 0.0741. The molecule has 0 amide bonds. The van der Waals surface area contributed by atoms with Crippen LogP contribution >= 0.6 is 0 Å². The van der Waals surface area contributed by atoms with Gasteiger partial charge in [-0.05, 0) is 75.2 Å². The van der Waals surface area contributed by atoms with Crippen molar-refractivity contribution in [3.05, 3.63) is 22.8 Å². The molecule has 0 saturated heterocycles. The van der Waals surface area contributed by atoms with Crippen LogP contribution in [0.15, 0.2) is 22.8 Å². The summed E-state index contributed by atoms with van der Waals surface area (Å²) in [4.78, 5) is 11.8. The van der Waals surface area contributed by atoms with Gasteiger partial charge in [0, 0.05) is 5.41 Å². The van der Waals surface area contributed by atoms with E-state index in [1.807, 2.05) is 0 Å². The molecular weight excluding hydrogens is 256 g/mol. The van der Waals surface area contributed by atoms with Crippen LogP contribution in [0.5, 0.6) is 0 Å². The van der Waals surface area contributed by atoms with Crippen LogP contribution in [0.25, 0.3) is 0 Å². The number of hydrogen-bond donors (Lipinski definition) is 0. The van der Waals surface area contributed by atoms with Crippen molar-refractivity contribution >= 4 is 6.29 Å². The summed E-state index contributed by atoms with van der Waals surface area (Å²) >= 11 is 0. The number of rotatable bonds is 1. The van der Waals surface area contributed by atoms with Crippen molar-refractivity contribution in [3.63, 3.8) is 0 Å². The second-order valence-electron chi connectivity index (χ2n) is 8.41. The highest BCUT2D eigenvalue weighted by Crippen LogP contribution is 2.62. The van der Waals surface area contributed by atoms with Crippen molar-refractivity contribution in [1.82, 2.24) is 0 Å². The van der Waals surface area contributed by atoms with Crippen LogP contribution in [0, 0.1) is 22.7 Å². The quantitative estimate of drug-likeness (QED) is 0.585. The molecule has 0 heterocycles. The fourth-order valence-electron chi connectivity index (χ4n) is 5.76. The Hall–Kier alpha value is -0.850. The number of allylic oxidation sites excluding steroid dienone is 4. The van der Waals surface area contributed by atoms with E-state index < -0.39 is 0 Å². The summed E-state index contributed by atoms with van der Waals surface area (Å²) in [5.41, 5.74) is 5.01. The molecule has 0 aromatic carbocycles. The molecule has 0 aromatic heterocycles. The van der Waals surface area contributed by atoms with Gasteiger partial charge in [0.25, 0.3) is 0 Å². The maximum absolute atomic E-state index is 11.8. The monoisotopic (exact) mass is 286 g/mol. The van der Waals surface area contributed by atoms with Crippen LogP contribution in [-0.2, 0) is 4.79 Å². The third-order valence-electron chi connectivity index (χ3n) is 6.96. The van der Waals surface area contributed by atoms with Gasteiger partial charge in [-0.2, -0.15) is 0 Å². The highest BCUT2D eigenvalue weighted by molar-refractivity contribution is 5.60. The Balaban J connectivity index is 1.98. The lowest BCUT2D eigenvalue weighted by Crippen LogP contribution is -2.51. The number of fused-ring (bicyclic) bond motifs is 3. The van der Waals surface area contributed by atoms with Crippen LogP contribution < -0.4 is 0 Å². The van der Waals surface area contributed by atoms with Crippen LogP contribution in [0.3, 0.4) is 0 Å². The summed E-state index contributed by atoms with van der Waals surface area (Å²) in [7, 11) is 0. The van der Waals surface area contributed by atoms with Crippen molar-refractivity contribution < 1.29 is 4.79 Å². The third-order valence-corrected chi connectivity index (χ3v) is 6.96. The zero-order chi connectivity index (χ0) is 15.3. The molecule has 4 atom stereocenters. The average Bonchev–Trinajstić information content (AvgIpc) is 2.46. The topological polar surface area (TPSA) is 17.1 Å². The van der Waals surface area contributed by atoms with Crippen LogP contribution in [0.4, 0.5) is 0 Å². The first-order chi connectivity index (χ1) is 9.90. The minimum Gasteiger partial charge on any atom is -0.303 e. The van der Waals surface area contributed by atoms with Gasteiger partial charge in [0.1, 0.15) is 6.29 Å². The molecule has 0 spiro atoms. The van der Waals surface area contributed by atoms with Crippen LogP contribution in [0.2, 0.25) is 0 Å². The van der Waals surface area contributed by atoms with E-state index in [9.17, 15) is 4.79 Å². The van der Waals surface area contributed by atoms with E-state index in [0.29, 0.717) is 11.3 Å². The first-order valence-corrected chi connectivity index (χ1v) is 8.74. The SMILES string of the molecule is CC(C)=C1C=C2CCC3C(C)(C=O)CCCC3(C)C2CC1. The lowest BCUT2D eigenvalue weighted by Gasteiger charge is -2.58. The van der Waals surface area contributed by atoms with Crippen molar-refractivity contribution in [2.24, 2.45) is 22.7 Å². The number of aldehydes is 1. The summed E-state index contributed by atoms with van der Waals surface area (Å²) in [5, 5.41) is 0. The molecule has 0 radical (unpaired) electrons. The van der Waals surface area contributed by atoms with E-state index in [1.54, 1.807) is 11.1 Å². The fraction of sp³-hybridized carbons (Fsp3) is 0.750. The Morgan fingerprint density at radius 1 is 1.19 bits per heavy atom. The van der Waals surface area contributed by atoms with Gasteiger partial charge in [-0.15, -0.1) is 0 Å². The van der Waals surface area contributed by atoms with E-state index in [2.05, 4.69) is 33.8 Å². The number of carbonyl (C=O) groups is 1. The molecular formula is C20H30O. The number of carbonyl (C=O) groups excluding carboxylic acids is 1. The molecule has 1 heteroatoms. The largest absolute Gasteiger partial charge is 0.303 e. The van der Waals surface area contributed by atoms with Crippen molar-refractivity contribution in [2.75, 3.05) is 0 Å². The Morgan fingerprint density at radius 3 is 2.62 bits per heavy atom. The van der Waals surface area contributed by atoms with E-state index in [-0.39, 0.29) is 5.41 Å². The third kappa shape index (κ3) is 2.24. The smallest absolute Gasteiger partial charge is 0.126 e. The Bertz CT molecular complexity index is 508. The lowest BCUT2D eigenvalue weighted by molar-refractivity contribution is -0.130. The van der Waals surface area contributed by atoms with Gasteiger partial charge >= 0.3 is 0 Å². The van der Waals surface area contributed by atoms with E-state index >= 15 is 0 Å². The molecule has 3 aliphatic rings. The molecule has 116 valence electrons. The highest BCUT2D eigenvalue weighted by atomic mass is 16.1. The van der Waals surface area contributed by atoms with Gasteiger partial charge in [0.05, 0.1) is 0 Å². The van der Waals surface area contributed by atoms with E-state index in [0.717, 1.165) is 12.3 Å². The summed E-state index contributed by atoms with van der Waals surface area (Å²) < 4.78 is 0. The predicted octanol–water partition coefficient (Wildman–Crippen LogP) is 5.46. The zero-order valence-corrected chi connectivity index (χ0v) is 14.2. The van der Waals surface area contributed by atoms with E-state index in [1.165, 1.54) is 50.4 Å². The molecule has 2 saturated carbocycles. The first kappa shape index (κ1) is 15.1. The average molecular weight is 286 g/mol. The van der Waals surface area contributed by atoms with Crippen molar-refractivity contribution in [3.8, 4) is 0 Å². The summed E-state index contributed by atoms with van der Waals surface area (Å²) in [6, 6.07) is 0. The maximum atomic E-state index is 11.8. The molecule has 4 unspecified atom stereocenters. The van der Waals surface area contributed by atoms with Gasteiger partial charge in [-0.25, -0.2) is 0 Å². The maximum Gasteiger partial charge on any atom is 0.126 e. The van der Waals surface area contributed by atoms with Gasteiger partial charge in [0.2, 0.25) is 0 Å². The minimum atomic E-state index is -0.0741. The highest BCUT2D eigenvalue weighted by Gasteiger charge is 2.55. The van der Waals surface area contributed by atoms with Gasteiger partial charge in [-0.1, -0.05) is 37.5 Å². The van der Waals surface area contributed by atoms with Crippen molar-refractivity contribution in [1.29, 1.82) is 0 Å². The van der Waals surface area contributed by atoms with E-state index in [4.69, 9.17) is 0 Å². The van der Waals surface area contributed by atoms with Gasteiger partial charge < -0.3 is 4.79 Å². The van der Waals surface area contributed by atoms with Crippen LogP contribution in [-0.4, -0.2) is 6.29 Å². The summed E-state index contributed by atoms with van der Waals surface area (Å²) in [5.74, 6) is 1.31. The second-order valence-corrected chi connectivity index (χ2v) is 8.41. The molecule has 1 nitrogen and oxygen atoms in total. The van der Waals surface area contributed by atoms with Crippen molar-refractivity contribution in [2.45, 2.75) is 72.6 Å². The van der Waals surface area contributed by atoms with Gasteiger partial charge in [0.15, 0.2) is 0 Å². The Kier molecular flexibility index (Phi) is 3.66. The summed E-state index contributed by atoms with van der Waals surface area (Å²) in [6.45, 7) is 9.19. The standard InChI is InChI=1S/C20H30O/c1-14(2)15-6-8-17-16(12-15)7-9-18-19(3,13-21)10-5-11-20(17,18)4/h12-13,17-18H,5-11H2,1-4H3. The Morgan fingerprint density at radius 2 is 1.95 bits per heavy atom. The first-order valence-electron chi connectivity index (χ1n) is 8.74. The zero-order valence-electron chi connectivity index (χ0n) is 14.2. The van der Waals surface area contributed by atoms with Gasteiger partial charge in [-0.3, -0.25) is 0 Å². The molecule has 3 rings (SSSR count). The molecule has 0 aromatic rings. The molecule has 2 fully saturated rings. The molecule has 0 aliphatic heterocycles. The summed E-state index contributed by atoms with van der Waals surface area (Å²) in [6.07, 6.45) is 12.4. The fourth-order valence-corrected chi connectivity index (χ4v) is 5.76. The molecule has 0 N–H and O–H groups in total. The number of hydrogen-bond acceptors (Lipinski definition) is 1. The molecule has 0 bridgehead atoms. The van der Waals surface area contributed by atoms with Crippen LogP contribution in [0.1, 0.15) is 72.6 Å². The normalized spacial score (nSPS) is 42.7. The predicted molar refractivity (Wildman–Crippen MR) is 88.0 cm³/mol. The second kappa shape index (κ2) is 5.11. The Labute approximate surface area is 129 Å². The lowest BCUT2D eigenvalue weighted by atomic mass is 9.46.